The molecule has 1 aromatic carbocycles. The molecule has 2 N–H and O–H groups in total. The van der Waals surface area contributed by atoms with Crippen LogP contribution in [-0.2, 0) is 0 Å². The molecule has 0 aliphatic rings. The fraction of sp³-hybridized carbons (Fsp3) is 0.429. The van der Waals surface area contributed by atoms with Crippen molar-refractivity contribution < 1.29 is 0 Å². The van der Waals surface area contributed by atoms with Gasteiger partial charge in [-0.1, -0.05) is 29.3 Å². The highest BCUT2D eigenvalue weighted by molar-refractivity contribution is 5.61. The predicted octanol–water partition coefficient (Wildman–Crippen LogP) is 3.36. The van der Waals surface area contributed by atoms with Crippen molar-refractivity contribution in [3.63, 3.8) is 0 Å². The van der Waals surface area contributed by atoms with Crippen molar-refractivity contribution >= 4 is 6.08 Å². The third-order valence-electron chi connectivity index (χ3n) is 2.83. The molecule has 1 aromatic rings. The number of hydrogen-bond acceptors (Lipinski definition) is 1. The molecule has 1 nitrogen and oxygen atoms in total. The maximum atomic E-state index is 5.85. The van der Waals surface area contributed by atoms with Crippen molar-refractivity contribution in [2.45, 2.75) is 40.7 Å². The summed E-state index contributed by atoms with van der Waals surface area (Å²) >= 11 is 0. The van der Waals surface area contributed by atoms with Crippen molar-refractivity contribution in [3.05, 3.63) is 40.0 Å². The number of benzene rings is 1. The lowest BCUT2D eigenvalue weighted by Gasteiger charge is -2.10. The van der Waals surface area contributed by atoms with Gasteiger partial charge >= 0.3 is 0 Å². The average molecular weight is 203 g/mol. The summed E-state index contributed by atoms with van der Waals surface area (Å²) in [7, 11) is 0. The van der Waals surface area contributed by atoms with E-state index in [-0.39, 0.29) is 6.04 Å². The molecule has 0 radical (unpaired) electrons. The minimum atomic E-state index is 0.130. The van der Waals surface area contributed by atoms with Crippen molar-refractivity contribution in [3.8, 4) is 0 Å². The molecule has 0 fully saturated rings. The van der Waals surface area contributed by atoms with Crippen LogP contribution in [-0.4, -0.2) is 6.04 Å². The van der Waals surface area contributed by atoms with E-state index < -0.39 is 0 Å². The molecule has 0 saturated heterocycles. The van der Waals surface area contributed by atoms with E-state index in [0.717, 1.165) is 0 Å². The van der Waals surface area contributed by atoms with Crippen LogP contribution in [0.1, 0.15) is 36.1 Å². The monoisotopic (exact) mass is 203 g/mol. The minimum absolute atomic E-state index is 0.130. The van der Waals surface area contributed by atoms with Gasteiger partial charge in [0.05, 0.1) is 0 Å². The standard InChI is InChI=1S/C14H21N/c1-9-6-11(3)14(12(4)7-9)8-10(2)13(5)15/h6-8,13H,15H2,1-5H3. The zero-order valence-corrected chi connectivity index (χ0v) is 10.4. The first-order chi connectivity index (χ1) is 6.91. The van der Waals surface area contributed by atoms with Gasteiger partial charge in [0.2, 0.25) is 0 Å². The lowest BCUT2D eigenvalue weighted by atomic mass is 9.97. The Hall–Kier alpha value is -1.08. The highest BCUT2D eigenvalue weighted by Crippen LogP contribution is 2.19. The zero-order valence-electron chi connectivity index (χ0n) is 10.4. The maximum absolute atomic E-state index is 5.85. The van der Waals surface area contributed by atoms with Gasteiger partial charge in [-0.15, -0.1) is 0 Å². The van der Waals surface area contributed by atoms with Crippen LogP contribution in [0.4, 0.5) is 0 Å². The van der Waals surface area contributed by atoms with Crippen molar-refractivity contribution in [2.75, 3.05) is 0 Å². The second-order valence-corrected chi connectivity index (χ2v) is 4.49. The molecule has 0 aliphatic carbocycles. The van der Waals surface area contributed by atoms with Gasteiger partial charge in [0, 0.05) is 6.04 Å². The Kier molecular flexibility index (Phi) is 3.70. The Labute approximate surface area is 93.0 Å². The van der Waals surface area contributed by atoms with E-state index in [2.05, 4.69) is 45.9 Å². The second-order valence-electron chi connectivity index (χ2n) is 4.49. The minimum Gasteiger partial charge on any atom is -0.324 e. The lowest BCUT2D eigenvalue weighted by molar-refractivity contribution is 0.867. The maximum Gasteiger partial charge on any atom is 0.0225 e. The van der Waals surface area contributed by atoms with Gasteiger partial charge in [0.1, 0.15) is 0 Å². The van der Waals surface area contributed by atoms with E-state index in [0.29, 0.717) is 0 Å². The van der Waals surface area contributed by atoms with E-state index in [4.69, 9.17) is 5.73 Å². The predicted molar refractivity (Wildman–Crippen MR) is 68.0 cm³/mol. The molecule has 1 heteroatoms. The van der Waals surface area contributed by atoms with E-state index in [9.17, 15) is 0 Å². The number of rotatable bonds is 2. The molecule has 0 saturated carbocycles. The molecule has 1 rings (SSSR count). The average Bonchev–Trinajstić information content (AvgIpc) is 2.10. The molecule has 0 heterocycles. The molecule has 0 aliphatic heterocycles. The Bertz CT molecular complexity index is 363. The van der Waals surface area contributed by atoms with Crippen LogP contribution < -0.4 is 5.73 Å². The fourth-order valence-corrected chi connectivity index (χ4v) is 1.78. The summed E-state index contributed by atoms with van der Waals surface area (Å²) in [6.45, 7) is 10.5. The first-order valence-electron chi connectivity index (χ1n) is 5.43. The second kappa shape index (κ2) is 4.63. The largest absolute Gasteiger partial charge is 0.324 e. The van der Waals surface area contributed by atoms with Gasteiger partial charge in [-0.05, 0) is 51.3 Å². The smallest absolute Gasteiger partial charge is 0.0225 e. The molecule has 82 valence electrons. The van der Waals surface area contributed by atoms with Gasteiger partial charge in [0.15, 0.2) is 0 Å². The topological polar surface area (TPSA) is 26.0 Å². The van der Waals surface area contributed by atoms with Gasteiger partial charge in [-0.25, -0.2) is 0 Å². The Morgan fingerprint density at radius 2 is 1.67 bits per heavy atom. The molecular weight excluding hydrogens is 182 g/mol. The van der Waals surface area contributed by atoms with Crippen LogP contribution in [0.25, 0.3) is 6.08 Å². The van der Waals surface area contributed by atoms with Gasteiger partial charge < -0.3 is 5.73 Å². The lowest BCUT2D eigenvalue weighted by Crippen LogP contribution is -2.15. The fourth-order valence-electron chi connectivity index (χ4n) is 1.78. The first-order valence-corrected chi connectivity index (χ1v) is 5.43. The summed E-state index contributed by atoms with van der Waals surface area (Å²) in [5, 5.41) is 0. The van der Waals surface area contributed by atoms with Gasteiger partial charge in [-0.3, -0.25) is 0 Å². The molecule has 1 unspecified atom stereocenters. The van der Waals surface area contributed by atoms with Crippen LogP contribution in [0.3, 0.4) is 0 Å². The first kappa shape index (κ1) is 12.0. The summed E-state index contributed by atoms with van der Waals surface area (Å²) in [5.41, 5.74) is 12.4. The van der Waals surface area contributed by atoms with Crippen LogP contribution in [0.15, 0.2) is 17.7 Å². The van der Waals surface area contributed by atoms with Crippen molar-refractivity contribution in [1.82, 2.24) is 0 Å². The third-order valence-corrected chi connectivity index (χ3v) is 2.83. The van der Waals surface area contributed by atoms with Crippen LogP contribution >= 0.6 is 0 Å². The summed E-state index contributed by atoms with van der Waals surface area (Å²) < 4.78 is 0. The summed E-state index contributed by atoms with van der Waals surface area (Å²) in [6.07, 6.45) is 2.20. The van der Waals surface area contributed by atoms with Crippen molar-refractivity contribution in [1.29, 1.82) is 0 Å². The number of nitrogens with two attached hydrogens (primary N) is 1. The normalized spacial score (nSPS) is 14.1. The number of hydrogen-bond donors (Lipinski definition) is 1. The molecule has 15 heavy (non-hydrogen) atoms. The van der Waals surface area contributed by atoms with Crippen LogP contribution in [0, 0.1) is 20.8 Å². The van der Waals surface area contributed by atoms with Crippen LogP contribution in [0.2, 0.25) is 0 Å². The molecule has 0 bridgehead atoms. The quantitative estimate of drug-likeness (QED) is 0.783. The zero-order chi connectivity index (χ0) is 11.6. The van der Waals surface area contributed by atoms with E-state index in [1.165, 1.54) is 27.8 Å². The van der Waals surface area contributed by atoms with Gasteiger partial charge in [-0.2, -0.15) is 0 Å². The molecular formula is C14H21N. The Morgan fingerprint density at radius 1 is 1.20 bits per heavy atom. The molecule has 1 atom stereocenters. The Morgan fingerprint density at radius 3 is 2.07 bits per heavy atom. The van der Waals surface area contributed by atoms with E-state index >= 15 is 0 Å². The summed E-state index contributed by atoms with van der Waals surface area (Å²) in [5.74, 6) is 0. The molecule has 0 aromatic heterocycles. The highest BCUT2D eigenvalue weighted by Gasteiger charge is 2.03. The summed E-state index contributed by atoms with van der Waals surface area (Å²) in [4.78, 5) is 0. The van der Waals surface area contributed by atoms with E-state index in [1.54, 1.807) is 0 Å². The van der Waals surface area contributed by atoms with Gasteiger partial charge in [0.25, 0.3) is 0 Å². The highest BCUT2D eigenvalue weighted by atomic mass is 14.6. The number of aryl methyl sites for hydroxylation is 3. The van der Waals surface area contributed by atoms with Crippen LogP contribution in [0.5, 0.6) is 0 Å². The summed E-state index contributed by atoms with van der Waals surface area (Å²) in [6, 6.07) is 4.56. The molecule has 0 amide bonds. The molecule has 0 spiro atoms. The van der Waals surface area contributed by atoms with E-state index in [1.807, 2.05) is 6.92 Å². The van der Waals surface area contributed by atoms with Crippen molar-refractivity contribution in [2.24, 2.45) is 5.73 Å². The third kappa shape index (κ3) is 2.93. The Balaban J connectivity index is 3.21. The SMILES string of the molecule is CC(=Cc1c(C)cc(C)cc1C)C(C)N.